The lowest BCUT2D eigenvalue weighted by atomic mass is 10.1. The maximum Gasteiger partial charge on any atom is 0.125 e. The Labute approximate surface area is 114 Å². The zero-order chi connectivity index (χ0) is 13.7. The molecule has 0 spiro atoms. The molecule has 0 amide bonds. The van der Waals surface area contributed by atoms with E-state index in [0.717, 1.165) is 31.0 Å². The molecule has 2 atom stereocenters. The molecule has 4 nitrogen and oxygen atoms in total. The zero-order valence-electron chi connectivity index (χ0n) is 11.7. The van der Waals surface area contributed by atoms with E-state index < -0.39 is 6.10 Å². The average molecular weight is 265 g/mol. The molecule has 0 aromatic heterocycles. The van der Waals surface area contributed by atoms with E-state index in [1.807, 2.05) is 31.2 Å². The van der Waals surface area contributed by atoms with Gasteiger partial charge in [-0.3, -0.25) is 0 Å². The molecular weight excluding hydrogens is 242 g/mol. The fourth-order valence-electron chi connectivity index (χ4n) is 2.26. The number of hydrogen-bond acceptors (Lipinski definition) is 4. The molecule has 1 aliphatic rings. The van der Waals surface area contributed by atoms with Crippen LogP contribution in [0.5, 0.6) is 5.75 Å². The van der Waals surface area contributed by atoms with Gasteiger partial charge in [0.15, 0.2) is 0 Å². The summed E-state index contributed by atoms with van der Waals surface area (Å²) < 4.78 is 11.5. The second-order valence-electron chi connectivity index (χ2n) is 5.03. The third kappa shape index (κ3) is 3.93. The van der Waals surface area contributed by atoms with Crippen LogP contribution >= 0.6 is 0 Å². The number of morpholine rings is 1. The van der Waals surface area contributed by atoms with Gasteiger partial charge >= 0.3 is 0 Å². The zero-order valence-corrected chi connectivity index (χ0v) is 11.7. The standard InChI is InChI=1S/C15H23NO3/c1-3-14(17)13-6-4-5-7-15(13)19-11-12-10-16(2)8-9-18-12/h4-7,12,14,17H,3,8-11H2,1-2H3/t12?,14-/m1/s1. The average Bonchev–Trinajstić information content (AvgIpc) is 2.45. The van der Waals surface area contributed by atoms with Gasteiger partial charge in [-0.2, -0.15) is 0 Å². The SMILES string of the molecule is CC[C@@H](O)c1ccccc1OCC1CN(C)CCO1. The van der Waals surface area contributed by atoms with Crippen molar-refractivity contribution in [1.29, 1.82) is 0 Å². The van der Waals surface area contributed by atoms with Crippen LogP contribution in [0.2, 0.25) is 0 Å². The molecule has 1 aromatic carbocycles. The van der Waals surface area contributed by atoms with Gasteiger partial charge in [0.05, 0.1) is 12.7 Å². The maximum atomic E-state index is 9.97. The minimum Gasteiger partial charge on any atom is -0.490 e. The van der Waals surface area contributed by atoms with E-state index in [1.54, 1.807) is 0 Å². The molecule has 1 fully saturated rings. The van der Waals surface area contributed by atoms with Crippen molar-refractivity contribution >= 4 is 0 Å². The predicted molar refractivity (Wildman–Crippen MR) is 74.4 cm³/mol. The van der Waals surface area contributed by atoms with Crippen LogP contribution in [0.4, 0.5) is 0 Å². The van der Waals surface area contributed by atoms with E-state index in [2.05, 4.69) is 11.9 Å². The second-order valence-corrected chi connectivity index (χ2v) is 5.03. The third-order valence-corrected chi connectivity index (χ3v) is 3.43. The molecule has 1 unspecified atom stereocenters. The Morgan fingerprint density at radius 2 is 2.26 bits per heavy atom. The lowest BCUT2D eigenvalue weighted by molar-refractivity contribution is -0.0407. The molecule has 0 aliphatic carbocycles. The van der Waals surface area contributed by atoms with Crippen LogP contribution in [0.15, 0.2) is 24.3 Å². The second kappa shape index (κ2) is 6.89. The summed E-state index contributed by atoms with van der Waals surface area (Å²) in [5, 5.41) is 9.97. The Hall–Kier alpha value is -1.10. The van der Waals surface area contributed by atoms with Crippen LogP contribution in [-0.2, 0) is 4.74 Å². The number of likely N-dealkylation sites (N-methyl/N-ethyl adjacent to an activating group) is 1. The van der Waals surface area contributed by atoms with Gasteiger partial charge in [0.1, 0.15) is 18.5 Å². The van der Waals surface area contributed by atoms with Crippen LogP contribution in [0.25, 0.3) is 0 Å². The van der Waals surface area contributed by atoms with E-state index in [0.29, 0.717) is 13.0 Å². The molecule has 1 saturated heterocycles. The fourth-order valence-corrected chi connectivity index (χ4v) is 2.26. The summed E-state index contributed by atoms with van der Waals surface area (Å²) in [4.78, 5) is 2.24. The first-order chi connectivity index (χ1) is 9.20. The van der Waals surface area contributed by atoms with Crippen molar-refractivity contribution in [2.45, 2.75) is 25.6 Å². The number of aliphatic hydroxyl groups is 1. The van der Waals surface area contributed by atoms with Crippen LogP contribution in [0.1, 0.15) is 25.0 Å². The monoisotopic (exact) mass is 265 g/mol. The van der Waals surface area contributed by atoms with E-state index in [-0.39, 0.29) is 6.10 Å². The van der Waals surface area contributed by atoms with Crippen LogP contribution in [-0.4, -0.2) is 49.5 Å². The van der Waals surface area contributed by atoms with Gasteiger partial charge in [-0.05, 0) is 19.5 Å². The molecular formula is C15H23NO3. The van der Waals surface area contributed by atoms with Crippen molar-refractivity contribution in [3.05, 3.63) is 29.8 Å². The smallest absolute Gasteiger partial charge is 0.125 e. The quantitative estimate of drug-likeness (QED) is 0.882. The summed E-state index contributed by atoms with van der Waals surface area (Å²) in [6.45, 7) is 5.10. The van der Waals surface area contributed by atoms with Crippen molar-refractivity contribution in [2.75, 3.05) is 33.4 Å². The minimum atomic E-state index is -0.467. The third-order valence-electron chi connectivity index (χ3n) is 3.43. The van der Waals surface area contributed by atoms with Gasteiger partial charge in [0, 0.05) is 18.7 Å². The molecule has 2 rings (SSSR count). The number of aliphatic hydroxyl groups excluding tert-OH is 1. The highest BCUT2D eigenvalue weighted by Crippen LogP contribution is 2.27. The van der Waals surface area contributed by atoms with Gasteiger partial charge in [-0.15, -0.1) is 0 Å². The van der Waals surface area contributed by atoms with Gasteiger partial charge < -0.3 is 19.5 Å². The molecule has 0 saturated carbocycles. The summed E-state index contributed by atoms with van der Waals surface area (Å²) in [5.74, 6) is 0.758. The number of ether oxygens (including phenoxy) is 2. The summed E-state index contributed by atoms with van der Waals surface area (Å²) in [6, 6.07) is 7.67. The summed E-state index contributed by atoms with van der Waals surface area (Å²) in [6.07, 6.45) is 0.319. The molecule has 0 radical (unpaired) electrons. The first-order valence-corrected chi connectivity index (χ1v) is 6.90. The Bertz CT molecular complexity index is 397. The van der Waals surface area contributed by atoms with E-state index in [9.17, 15) is 5.11 Å². The molecule has 1 aliphatic heterocycles. The lowest BCUT2D eigenvalue weighted by Gasteiger charge is -2.30. The van der Waals surface area contributed by atoms with Gasteiger partial charge in [0.2, 0.25) is 0 Å². The van der Waals surface area contributed by atoms with Crippen molar-refractivity contribution < 1.29 is 14.6 Å². The highest BCUT2D eigenvalue weighted by Gasteiger charge is 2.19. The molecule has 0 bridgehead atoms. The van der Waals surface area contributed by atoms with Crippen molar-refractivity contribution in [2.24, 2.45) is 0 Å². The van der Waals surface area contributed by atoms with Gasteiger partial charge in [-0.1, -0.05) is 25.1 Å². The number of benzene rings is 1. The van der Waals surface area contributed by atoms with Crippen molar-refractivity contribution in [3.8, 4) is 5.75 Å². The lowest BCUT2D eigenvalue weighted by Crippen LogP contribution is -2.42. The highest BCUT2D eigenvalue weighted by atomic mass is 16.5. The number of hydrogen-bond donors (Lipinski definition) is 1. The Morgan fingerprint density at radius 1 is 1.47 bits per heavy atom. The predicted octanol–water partition coefficient (Wildman–Crippen LogP) is 1.84. The minimum absolute atomic E-state index is 0.102. The molecule has 1 aromatic rings. The van der Waals surface area contributed by atoms with Crippen molar-refractivity contribution in [1.82, 2.24) is 4.90 Å². The first-order valence-electron chi connectivity index (χ1n) is 6.90. The van der Waals surface area contributed by atoms with Gasteiger partial charge in [0.25, 0.3) is 0 Å². The molecule has 19 heavy (non-hydrogen) atoms. The molecule has 106 valence electrons. The molecule has 1 heterocycles. The summed E-state index contributed by atoms with van der Waals surface area (Å²) in [7, 11) is 2.09. The number of rotatable bonds is 5. The molecule has 1 N–H and O–H groups in total. The van der Waals surface area contributed by atoms with Crippen LogP contribution < -0.4 is 4.74 Å². The topological polar surface area (TPSA) is 41.9 Å². The highest BCUT2D eigenvalue weighted by molar-refractivity contribution is 5.35. The number of para-hydroxylation sites is 1. The normalized spacial score (nSPS) is 22.2. The van der Waals surface area contributed by atoms with E-state index >= 15 is 0 Å². The Morgan fingerprint density at radius 3 is 3.00 bits per heavy atom. The summed E-state index contributed by atoms with van der Waals surface area (Å²) >= 11 is 0. The maximum absolute atomic E-state index is 9.97. The van der Waals surface area contributed by atoms with Crippen LogP contribution in [0, 0.1) is 0 Å². The Kier molecular flexibility index (Phi) is 5.19. The van der Waals surface area contributed by atoms with E-state index in [1.165, 1.54) is 0 Å². The van der Waals surface area contributed by atoms with Crippen LogP contribution in [0.3, 0.4) is 0 Å². The van der Waals surface area contributed by atoms with Crippen molar-refractivity contribution in [3.63, 3.8) is 0 Å². The largest absolute Gasteiger partial charge is 0.490 e. The van der Waals surface area contributed by atoms with E-state index in [4.69, 9.17) is 9.47 Å². The Balaban J connectivity index is 1.95. The number of nitrogens with zero attached hydrogens (tertiary/aromatic N) is 1. The van der Waals surface area contributed by atoms with Gasteiger partial charge in [-0.25, -0.2) is 0 Å². The fraction of sp³-hybridized carbons (Fsp3) is 0.600. The first kappa shape index (κ1) is 14.3. The summed E-state index contributed by atoms with van der Waals surface area (Å²) in [5.41, 5.74) is 0.856. The molecule has 4 heteroatoms.